The largest absolute Gasteiger partial charge is 0.477 e. The number of aromatic nitrogens is 2. The summed E-state index contributed by atoms with van der Waals surface area (Å²) in [6.07, 6.45) is 0. The fourth-order valence-electron chi connectivity index (χ4n) is 1.71. The number of hydrogen-bond acceptors (Lipinski definition) is 9. The van der Waals surface area contributed by atoms with Crippen molar-refractivity contribution in [3.05, 3.63) is 47.0 Å². The topological polar surface area (TPSA) is 196 Å². The maximum atomic E-state index is 11.1. The second-order valence-corrected chi connectivity index (χ2v) is 5.00. The van der Waals surface area contributed by atoms with E-state index in [1.165, 1.54) is 26.2 Å². The zero-order valence-electron chi connectivity index (χ0n) is 14.7. The third kappa shape index (κ3) is 6.88. The van der Waals surface area contributed by atoms with Gasteiger partial charge in [-0.2, -0.15) is 0 Å². The molecule has 0 spiro atoms. The summed E-state index contributed by atoms with van der Waals surface area (Å²) < 4.78 is 4.46. The lowest BCUT2D eigenvalue weighted by molar-refractivity contribution is 0.0592. The number of ether oxygens (including phenoxy) is 1. The quantitative estimate of drug-likeness (QED) is 0.414. The van der Waals surface area contributed by atoms with Crippen LogP contribution in [0.15, 0.2) is 24.3 Å². The van der Waals surface area contributed by atoms with E-state index in [0.29, 0.717) is 5.69 Å². The van der Waals surface area contributed by atoms with E-state index in [4.69, 9.17) is 21.7 Å². The van der Waals surface area contributed by atoms with E-state index in [1.54, 1.807) is 0 Å². The first-order valence-corrected chi connectivity index (χ1v) is 7.16. The van der Waals surface area contributed by atoms with Gasteiger partial charge in [-0.15, -0.1) is 12.4 Å². The number of anilines is 2. The van der Waals surface area contributed by atoms with Gasteiger partial charge in [0, 0.05) is 18.3 Å². The van der Waals surface area contributed by atoms with Gasteiger partial charge < -0.3 is 26.4 Å². The molecule has 2 aromatic rings. The first-order valence-electron chi connectivity index (χ1n) is 7.16. The van der Waals surface area contributed by atoms with Crippen molar-refractivity contribution >= 4 is 47.5 Å². The van der Waals surface area contributed by atoms with Crippen LogP contribution in [-0.4, -0.2) is 51.0 Å². The SMILES string of the molecule is COC(=O)c1cc(N)cc(C(C)=O)n1.Cl.Nc1cc(C(=O)O)nc(C(=O)O)c1. The van der Waals surface area contributed by atoms with Gasteiger partial charge in [-0.1, -0.05) is 0 Å². The number of carbonyl (C=O) groups excluding carboxylic acids is 2. The van der Waals surface area contributed by atoms with Crippen LogP contribution < -0.4 is 11.5 Å². The number of esters is 1. The molecule has 0 amide bonds. The Morgan fingerprint density at radius 2 is 1.18 bits per heavy atom. The molecular formula is C16H17ClN4O7. The molecule has 28 heavy (non-hydrogen) atoms. The minimum absolute atomic E-state index is 0. The number of pyridine rings is 2. The van der Waals surface area contributed by atoms with Crippen LogP contribution in [0.3, 0.4) is 0 Å². The third-order valence-corrected chi connectivity index (χ3v) is 2.89. The molecular weight excluding hydrogens is 396 g/mol. The number of halogens is 1. The Labute approximate surface area is 164 Å². The van der Waals surface area contributed by atoms with E-state index >= 15 is 0 Å². The van der Waals surface area contributed by atoms with Crippen LogP contribution in [0.25, 0.3) is 0 Å². The van der Waals surface area contributed by atoms with Crippen molar-refractivity contribution in [1.29, 1.82) is 0 Å². The summed E-state index contributed by atoms with van der Waals surface area (Å²) in [5.74, 6) is -3.48. The highest BCUT2D eigenvalue weighted by molar-refractivity contribution is 5.95. The van der Waals surface area contributed by atoms with Crippen LogP contribution in [-0.2, 0) is 4.74 Å². The highest BCUT2D eigenvalue weighted by Gasteiger charge is 2.12. The molecule has 0 aliphatic carbocycles. The number of carboxylic acid groups (broad SMARTS) is 2. The molecule has 11 nitrogen and oxygen atoms in total. The van der Waals surface area contributed by atoms with E-state index in [2.05, 4.69) is 14.7 Å². The Kier molecular flexibility index (Phi) is 9.04. The number of nitrogens with zero attached hydrogens (tertiary/aromatic N) is 2. The summed E-state index contributed by atoms with van der Waals surface area (Å²) in [6.45, 7) is 1.35. The van der Waals surface area contributed by atoms with Crippen molar-refractivity contribution in [3.63, 3.8) is 0 Å². The van der Waals surface area contributed by atoms with Crippen LogP contribution >= 0.6 is 12.4 Å². The fraction of sp³-hybridized carbons (Fsp3) is 0.125. The molecule has 2 aromatic heterocycles. The smallest absolute Gasteiger partial charge is 0.356 e. The highest BCUT2D eigenvalue weighted by Crippen LogP contribution is 2.09. The van der Waals surface area contributed by atoms with Crippen LogP contribution in [0, 0.1) is 0 Å². The van der Waals surface area contributed by atoms with Crippen molar-refractivity contribution in [1.82, 2.24) is 9.97 Å². The molecule has 0 bridgehead atoms. The van der Waals surface area contributed by atoms with Crippen LogP contribution in [0.4, 0.5) is 11.4 Å². The van der Waals surface area contributed by atoms with E-state index in [1.807, 2.05) is 0 Å². The molecule has 0 aliphatic rings. The number of rotatable bonds is 4. The summed E-state index contributed by atoms with van der Waals surface area (Å²) in [4.78, 5) is 50.1. The van der Waals surface area contributed by atoms with Crippen LogP contribution in [0.2, 0.25) is 0 Å². The van der Waals surface area contributed by atoms with E-state index in [-0.39, 0.29) is 46.7 Å². The lowest BCUT2D eigenvalue weighted by atomic mass is 10.2. The van der Waals surface area contributed by atoms with Gasteiger partial charge in [0.15, 0.2) is 22.9 Å². The standard InChI is InChI=1S/C9H10N2O3.C7H6N2O4.ClH/c1-5(12)7-3-6(10)4-8(11-7)9(13)14-2;8-3-1-4(6(10)11)9-5(2-3)7(12)13;/h3-4H,1-2H3,(H2,10,11);1-2H,(H2,8,9)(H,10,11)(H,12,13);1H. The summed E-state index contributed by atoms with van der Waals surface area (Å²) in [7, 11) is 1.24. The van der Waals surface area contributed by atoms with Crippen LogP contribution in [0.5, 0.6) is 0 Å². The summed E-state index contributed by atoms with van der Waals surface area (Å²) in [5.41, 5.74) is 10.6. The normalized spacial score (nSPS) is 9.21. The zero-order chi connectivity index (χ0) is 20.7. The number of nitrogens with two attached hydrogens (primary N) is 2. The van der Waals surface area contributed by atoms with Crippen molar-refractivity contribution < 1.29 is 34.1 Å². The number of Topliss-reactive ketones (excluding diaryl/α,β-unsaturated/α-hetero) is 1. The summed E-state index contributed by atoms with van der Waals surface area (Å²) in [5, 5.41) is 17.0. The Balaban J connectivity index is 0.000000504. The molecule has 6 N–H and O–H groups in total. The maximum absolute atomic E-state index is 11.1. The van der Waals surface area contributed by atoms with Crippen molar-refractivity contribution in [3.8, 4) is 0 Å². The highest BCUT2D eigenvalue weighted by atomic mass is 35.5. The predicted molar refractivity (Wildman–Crippen MR) is 99.8 cm³/mol. The Morgan fingerprint density at radius 1 is 0.821 bits per heavy atom. The maximum Gasteiger partial charge on any atom is 0.356 e. The van der Waals surface area contributed by atoms with Gasteiger partial charge in [-0.25, -0.2) is 24.4 Å². The molecule has 0 saturated heterocycles. The van der Waals surface area contributed by atoms with Gasteiger partial charge >= 0.3 is 17.9 Å². The average molecular weight is 413 g/mol. The van der Waals surface area contributed by atoms with Crippen LogP contribution in [0.1, 0.15) is 48.9 Å². The second-order valence-electron chi connectivity index (χ2n) is 5.00. The lowest BCUT2D eigenvalue weighted by Gasteiger charge is -2.02. The molecule has 150 valence electrons. The second kappa shape index (κ2) is 10.4. The van der Waals surface area contributed by atoms with Crippen molar-refractivity contribution in [2.45, 2.75) is 6.92 Å². The number of ketones is 1. The van der Waals surface area contributed by atoms with E-state index in [9.17, 15) is 19.2 Å². The Hall–Kier alpha value is -3.73. The number of carboxylic acids is 2. The molecule has 0 radical (unpaired) electrons. The molecule has 12 heteroatoms. The molecule has 0 unspecified atom stereocenters. The number of aromatic carboxylic acids is 2. The molecule has 0 aliphatic heterocycles. The fourth-order valence-corrected chi connectivity index (χ4v) is 1.71. The molecule has 2 rings (SSSR count). The van der Waals surface area contributed by atoms with Gasteiger partial charge in [0.1, 0.15) is 5.69 Å². The van der Waals surface area contributed by atoms with Gasteiger partial charge in [0.25, 0.3) is 0 Å². The van der Waals surface area contributed by atoms with Crippen molar-refractivity contribution in [2.24, 2.45) is 0 Å². The molecule has 2 heterocycles. The minimum Gasteiger partial charge on any atom is -0.477 e. The molecule has 0 fully saturated rings. The lowest BCUT2D eigenvalue weighted by Crippen LogP contribution is -2.09. The van der Waals surface area contributed by atoms with Gasteiger partial charge in [0.2, 0.25) is 0 Å². The zero-order valence-corrected chi connectivity index (χ0v) is 15.5. The first-order chi connectivity index (χ1) is 12.5. The summed E-state index contributed by atoms with van der Waals surface area (Å²) >= 11 is 0. The third-order valence-electron chi connectivity index (χ3n) is 2.89. The van der Waals surface area contributed by atoms with E-state index < -0.39 is 17.9 Å². The average Bonchev–Trinajstić information content (AvgIpc) is 2.60. The summed E-state index contributed by atoms with van der Waals surface area (Å²) in [6, 6.07) is 4.95. The number of hydrogen-bond donors (Lipinski definition) is 4. The number of nitrogen functional groups attached to an aromatic ring is 2. The minimum atomic E-state index is -1.31. The number of methoxy groups -OCH3 is 1. The van der Waals surface area contributed by atoms with E-state index in [0.717, 1.165) is 12.1 Å². The predicted octanol–water partition coefficient (Wildman–Crippen LogP) is 1.14. The van der Waals surface area contributed by atoms with Gasteiger partial charge in [0.05, 0.1) is 7.11 Å². The Bertz CT molecular complexity index is 886. The van der Waals surface area contributed by atoms with Gasteiger partial charge in [-0.3, -0.25) is 4.79 Å². The first kappa shape index (κ1) is 24.3. The molecule has 0 aromatic carbocycles. The molecule has 0 saturated carbocycles. The monoisotopic (exact) mass is 412 g/mol. The Morgan fingerprint density at radius 3 is 1.54 bits per heavy atom. The molecule has 0 atom stereocenters. The van der Waals surface area contributed by atoms with Gasteiger partial charge in [-0.05, 0) is 24.3 Å². The number of carbonyl (C=O) groups is 4. The van der Waals surface area contributed by atoms with Crippen molar-refractivity contribution in [2.75, 3.05) is 18.6 Å².